The van der Waals surface area contributed by atoms with Crippen molar-refractivity contribution in [1.29, 1.82) is 0 Å². The fourth-order valence-corrected chi connectivity index (χ4v) is 2.25. The van der Waals surface area contributed by atoms with E-state index in [4.69, 9.17) is 18.0 Å². The topological polar surface area (TPSA) is 43.8 Å². The first-order chi connectivity index (χ1) is 6.74. The lowest BCUT2D eigenvalue weighted by atomic mass is 10.1. The van der Waals surface area contributed by atoms with Crippen LogP contribution in [0.5, 0.6) is 0 Å². The summed E-state index contributed by atoms with van der Waals surface area (Å²) in [5.41, 5.74) is 7.77. The van der Waals surface area contributed by atoms with Gasteiger partial charge in [-0.05, 0) is 19.3 Å². The van der Waals surface area contributed by atoms with Crippen LogP contribution < -0.4 is 5.73 Å². The van der Waals surface area contributed by atoms with Gasteiger partial charge >= 0.3 is 0 Å². The zero-order valence-electron chi connectivity index (χ0n) is 8.42. The molecule has 4 heteroatoms. The number of aryl methyl sites for hydroxylation is 1. The number of thiocarbonyl (C=S) groups is 1. The van der Waals surface area contributed by atoms with Gasteiger partial charge in [-0.15, -0.1) is 0 Å². The van der Waals surface area contributed by atoms with Crippen molar-refractivity contribution in [3.8, 4) is 0 Å². The Morgan fingerprint density at radius 2 is 2.36 bits per heavy atom. The van der Waals surface area contributed by atoms with Crippen LogP contribution >= 0.6 is 12.2 Å². The minimum Gasteiger partial charge on any atom is -0.388 e. The van der Waals surface area contributed by atoms with Crippen LogP contribution in [0.2, 0.25) is 0 Å². The molecule has 3 nitrogen and oxygen atoms in total. The van der Waals surface area contributed by atoms with Crippen LogP contribution in [0, 0.1) is 0 Å². The Labute approximate surface area is 89.3 Å². The van der Waals surface area contributed by atoms with Gasteiger partial charge in [0.25, 0.3) is 0 Å². The van der Waals surface area contributed by atoms with Crippen LogP contribution in [0.3, 0.4) is 0 Å². The maximum absolute atomic E-state index is 5.66. The van der Waals surface area contributed by atoms with E-state index in [1.54, 1.807) is 0 Å². The normalized spacial score (nSPS) is 15.2. The average Bonchev–Trinajstić information content (AvgIpc) is 2.56. The molecule has 1 aromatic rings. The van der Waals surface area contributed by atoms with Crippen molar-refractivity contribution < 1.29 is 0 Å². The first kappa shape index (κ1) is 9.65. The summed E-state index contributed by atoms with van der Waals surface area (Å²) in [6.45, 7) is 3.20. The third kappa shape index (κ3) is 1.43. The molecule has 0 spiro atoms. The number of hydrogen-bond donors (Lipinski definition) is 1. The van der Waals surface area contributed by atoms with Crippen molar-refractivity contribution in [2.45, 2.75) is 39.2 Å². The second-order valence-electron chi connectivity index (χ2n) is 3.65. The van der Waals surface area contributed by atoms with Crippen molar-refractivity contribution in [3.05, 3.63) is 17.2 Å². The number of hydrogen-bond acceptors (Lipinski definition) is 2. The first-order valence-electron chi connectivity index (χ1n) is 5.12. The molecule has 2 heterocycles. The third-order valence-corrected chi connectivity index (χ3v) is 2.94. The zero-order chi connectivity index (χ0) is 10.1. The number of fused-ring (bicyclic) bond motifs is 1. The van der Waals surface area contributed by atoms with Crippen molar-refractivity contribution >= 4 is 17.2 Å². The van der Waals surface area contributed by atoms with Gasteiger partial charge in [-0.25, -0.2) is 4.98 Å². The highest BCUT2D eigenvalue weighted by Gasteiger charge is 2.19. The minimum atomic E-state index is 0.440. The van der Waals surface area contributed by atoms with Gasteiger partial charge in [0.15, 0.2) is 0 Å². The maximum atomic E-state index is 5.66. The number of nitrogens with two attached hydrogens (primary N) is 1. The minimum absolute atomic E-state index is 0.440. The van der Waals surface area contributed by atoms with E-state index < -0.39 is 0 Å². The van der Waals surface area contributed by atoms with Crippen LogP contribution in [-0.4, -0.2) is 14.5 Å². The molecule has 0 aliphatic carbocycles. The smallest absolute Gasteiger partial charge is 0.124 e. The largest absolute Gasteiger partial charge is 0.388 e. The highest BCUT2D eigenvalue weighted by atomic mass is 32.1. The van der Waals surface area contributed by atoms with E-state index in [0.717, 1.165) is 30.9 Å². The molecule has 1 aromatic heterocycles. The van der Waals surface area contributed by atoms with E-state index in [9.17, 15) is 0 Å². The van der Waals surface area contributed by atoms with Crippen LogP contribution in [0.25, 0.3) is 0 Å². The van der Waals surface area contributed by atoms with Crippen LogP contribution in [0.1, 0.15) is 37.0 Å². The molecular formula is C10H15N3S. The van der Waals surface area contributed by atoms with Crippen molar-refractivity contribution in [1.82, 2.24) is 9.55 Å². The molecule has 2 N–H and O–H groups in total. The second-order valence-corrected chi connectivity index (χ2v) is 4.09. The lowest BCUT2D eigenvalue weighted by molar-refractivity contribution is 0.516. The predicted molar refractivity (Wildman–Crippen MR) is 60.4 cm³/mol. The molecule has 0 amide bonds. The molecule has 76 valence electrons. The Balaban J connectivity index is 2.52. The molecule has 14 heavy (non-hydrogen) atoms. The molecule has 1 aliphatic heterocycles. The van der Waals surface area contributed by atoms with E-state index in [-0.39, 0.29) is 0 Å². The molecule has 0 saturated carbocycles. The van der Waals surface area contributed by atoms with Gasteiger partial charge in [0.05, 0.1) is 0 Å². The van der Waals surface area contributed by atoms with Crippen LogP contribution in [0.15, 0.2) is 0 Å². The molecule has 0 fully saturated rings. The van der Waals surface area contributed by atoms with Crippen LogP contribution in [0.4, 0.5) is 0 Å². The average molecular weight is 209 g/mol. The molecule has 1 aliphatic rings. The summed E-state index contributed by atoms with van der Waals surface area (Å²) >= 11 is 5.01. The number of nitrogens with zero attached hydrogens (tertiary/aromatic N) is 2. The highest BCUT2D eigenvalue weighted by molar-refractivity contribution is 7.80. The lowest BCUT2D eigenvalue weighted by Gasteiger charge is -2.16. The van der Waals surface area contributed by atoms with Crippen LogP contribution in [-0.2, 0) is 19.4 Å². The predicted octanol–water partition coefficient (Wildman–Crippen LogP) is 1.42. The fraction of sp³-hybridized carbons (Fsp3) is 0.600. The van der Waals surface area contributed by atoms with Gasteiger partial charge in [0.1, 0.15) is 16.5 Å². The molecule has 0 radical (unpaired) electrons. The summed E-state index contributed by atoms with van der Waals surface area (Å²) in [6.07, 6.45) is 4.49. The molecule has 0 unspecified atom stereocenters. The van der Waals surface area contributed by atoms with E-state index >= 15 is 0 Å². The molecule has 0 aromatic carbocycles. The highest BCUT2D eigenvalue weighted by Crippen LogP contribution is 2.21. The van der Waals surface area contributed by atoms with E-state index in [0.29, 0.717) is 4.99 Å². The zero-order valence-corrected chi connectivity index (χ0v) is 9.23. The summed E-state index contributed by atoms with van der Waals surface area (Å²) in [5.74, 6) is 1.13. The van der Waals surface area contributed by atoms with Gasteiger partial charge in [-0.2, -0.15) is 0 Å². The van der Waals surface area contributed by atoms with Gasteiger partial charge in [-0.1, -0.05) is 19.1 Å². The summed E-state index contributed by atoms with van der Waals surface area (Å²) in [6, 6.07) is 0. The van der Waals surface area contributed by atoms with Crippen molar-refractivity contribution in [2.24, 2.45) is 5.73 Å². The SMILES string of the molecule is CCc1nc(C(N)=S)c2n1CCCC2. The molecule has 2 rings (SSSR count). The second kappa shape index (κ2) is 3.69. The van der Waals surface area contributed by atoms with Gasteiger partial charge in [0.2, 0.25) is 0 Å². The Kier molecular flexibility index (Phi) is 2.54. The Morgan fingerprint density at radius 1 is 1.57 bits per heavy atom. The number of aromatic nitrogens is 2. The lowest BCUT2D eigenvalue weighted by Crippen LogP contribution is -2.17. The first-order valence-corrected chi connectivity index (χ1v) is 5.53. The quantitative estimate of drug-likeness (QED) is 0.749. The molecule has 0 saturated heterocycles. The van der Waals surface area contributed by atoms with Crippen molar-refractivity contribution in [3.63, 3.8) is 0 Å². The van der Waals surface area contributed by atoms with Crippen molar-refractivity contribution in [2.75, 3.05) is 0 Å². The monoisotopic (exact) mass is 209 g/mol. The summed E-state index contributed by atoms with van der Waals surface area (Å²) < 4.78 is 2.29. The summed E-state index contributed by atoms with van der Waals surface area (Å²) in [5, 5.41) is 0. The van der Waals surface area contributed by atoms with Gasteiger partial charge in [0, 0.05) is 18.7 Å². The Hall–Kier alpha value is -0.900. The van der Waals surface area contributed by atoms with E-state index in [2.05, 4.69) is 16.5 Å². The van der Waals surface area contributed by atoms with Gasteiger partial charge < -0.3 is 10.3 Å². The Morgan fingerprint density at radius 3 is 3.00 bits per heavy atom. The van der Waals surface area contributed by atoms with Gasteiger partial charge in [-0.3, -0.25) is 0 Å². The molecule has 0 bridgehead atoms. The summed E-state index contributed by atoms with van der Waals surface area (Å²) in [7, 11) is 0. The van der Waals surface area contributed by atoms with E-state index in [1.807, 2.05) is 0 Å². The molecular weight excluding hydrogens is 194 g/mol. The number of imidazole rings is 1. The Bertz CT molecular complexity index is 368. The fourth-order valence-electron chi connectivity index (χ4n) is 2.08. The van der Waals surface area contributed by atoms with E-state index in [1.165, 1.54) is 18.5 Å². The third-order valence-electron chi connectivity index (χ3n) is 2.75. The summed E-state index contributed by atoms with van der Waals surface area (Å²) in [4.78, 5) is 4.95. The number of rotatable bonds is 2. The standard InChI is InChI=1S/C10H15N3S/c1-2-8-12-9(10(11)14)7-5-3-4-6-13(7)8/h2-6H2,1H3,(H2,11,14). The maximum Gasteiger partial charge on any atom is 0.124 e. The molecule has 0 atom stereocenters.